The fourth-order valence-corrected chi connectivity index (χ4v) is 5.19. The van der Waals surface area contributed by atoms with E-state index in [0.717, 1.165) is 25.7 Å². The molecule has 0 aromatic rings. The predicted molar refractivity (Wildman–Crippen MR) is 73.1 cm³/mol. The molecule has 18 heavy (non-hydrogen) atoms. The fraction of sp³-hybridized carbons (Fsp3) is 0.857. The van der Waals surface area contributed by atoms with Gasteiger partial charge >= 0.3 is 0 Å². The molecule has 0 bridgehead atoms. The van der Waals surface area contributed by atoms with Crippen molar-refractivity contribution in [1.29, 1.82) is 0 Å². The highest BCUT2D eigenvalue weighted by molar-refractivity contribution is 7.91. The summed E-state index contributed by atoms with van der Waals surface area (Å²) < 4.78 is 28.9. The van der Waals surface area contributed by atoms with Crippen LogP contribution in [0.2, 0.25) is 0 Å². The largest absolute Gasteiger partial charge is 0.501 e. The first-order valence-electron chi connectivity index (χ1n) is 7.05. The first-order chi connectivity index (χ1) is 8.55. The smallest absolute Gasteiger partial charge is 0.151 e. The minimum atomic E-state index is -2.82. The molecule has 0 amide bonds. The molecular weight excluding hydrogens is 248 g/mol. The molecule has 0 radical (unpaired) electrons. The summed E-state index contributed by atoms with van der Waals surface area (Å²) in [6.45, 7) is 2.63. The van der Waals surface area contributed by atoms with Crippen LogP contribution in [0.25, 0.3) is 0 Å². The van der Waals surface area contributed by atoms with Crippen LogP contribution in [0.15, 0.2) is 11.8 Å². The quantitative estimate of drug-likeness (QED) is 0.739. The van der Waals surface area contributed by atoms with Crippen LogP contribution in [0.1, 0.15) is 51.9 Å². The van der Waals surface area contributed by atoms with E-state index < -0.39 is 9.84 Å². The summed E-state index contributed by atoms with van der Waals surface area (Å²) in [7, 11) is -2.82. The minimum Gasteiger partial charge on any atom is -0.501 e. The number of sulfone groups is 1. The molecular formula is C14H24O3S. The van der Waals surface area contributed by atoms with Gasteiger partial charge in [-0.05, 0) is 44.1 Å². The van der Waals surface area contributed by atoms with Crippen LogP contribution in [0.5, 0.6) is 0 Å². The Labute approximate surface area is 111 Å². The molecule has 1 atom stereocenters. The van der Waals surface area contributed by atoms with Crippen LogP contribution in [-0.2, 0) is 14.6 Å². The molecule has 2 rings (SSSR count). The van der Waals surface area contributed by atoms with Crippen molar-refractivity contribution >= 4 is 9.84 Å². The molecule has 1 unspecified atom stereocenters. The fourth-order valence-electron chi connectivity index (χ4n) is 2.94. The molecule has 2 fully saturated rings. The third kappa shape index (κ3) is 3.50. The van der Waals surface area contributed by atoms with E-state index in [1.807, 2.05) is 6.26 Å². The Morgan fingerprint density at radius 3 is 2.56 bits per heavy atom. The standard InChI is InChI=1S/C14H24O3S/c1-2-14(8-9-18(15,16)12-14)11-17-10-13-6-4-3-5-7-13/h10H,2-9,11-12H2,1H3. The molecule has 3 nitrogen and oxygen atoms in total. The number of ether oxygens (including phenoxy) is 1. The highest BCUT2D eigenvalue weighted by atomic mass is 32.2. The highest BCUT2D eigenvalue weighted by Gasteiger charge is 2.41. The van der Waals surface area contributed by atoms with E-state index in [0.29, 0.717) is 18.1 Å². The van der Waals surface area contributed by atoms with E-state index in [1.165, 1.54) is 24.8 Å². The Morgan fingerprint density at radius 2 is 2.00 bits per heavy atom. The van der Waals surface area contributed by atoms with Crippen molar-refractivity contribution in [1.82, 2.24) is 0 Å². The van der Waals surface area contributed by atoms with E-state index in [1.54, 1.807) is 0 Å². The lowest BCUT2D eigenvalue weighted by Crippen LogP contribution is -2.26. The second kappa shape index (κ2) is 5.64. The molecule has 0 aromatic heterocycles. The molecule has 1 saturated carbocycles. The van der Waals surface area contributed by atoms with Gasteiger partial charge in [-0.1, -0.05) is 13.3 Å². The molecule has 1 saturated heterocycles. The molecule has 1 heterocycles. The minimum absolute atomic E-state index is 0.134. The summed E-state index contributed by atoms with van der Waals surface area (Å²) in [5.41, 5.74) is 1.26. The molecule has 104 valence electrons. The topological polar surface area (TPSA) is 43.4 Å². The van der Waals surface area contributed by atoms with E-state index in [9.17, 15) is 8.42 Å². The van der Waals surface area contributed by atoms with Crippen LogP contribution in [0.3, 0.4) is 0 Å². The van der Waals surface area contributed by atoms with E-state index in [4.69, 9.17) is 4.74 Å². The van der Waals surface area contributed by atoms with Gasteiger partial charge in [0.05, 0.1) is 24.4 Å². The summed E-state index contributed by atoms with van der Waals surface area (Å²) in [6, 6.07) is 0. The van der Waals surface area contributed by atoms with Crippen LogP contribution in [-0.4, -0.2) is 26.5 Å². The van der Waals surface area contributed by atoms with E-state index in [2.05, 4.69) is 6.92 Å². The van der Waals surface area contributed by atoms with Crippen LogP contribution in [0, 0.1) is 5.41 Å². The van der Waals surface area contributed by atoms with Crippen molar-refractivity contribution in [3.05, 3.63) is 11.8 Å². The van der Waals surface area contributed by atoms with Gasteiger partial charge in [0.25, 0.3) is 0 Å². The summed E-state index contributed by atoms with van der Waals surface area (Å²) in [5, 5.41) is 0. The van der Waals surface area contributed by atoms with Crippen LogP contribution < -0.4 is 0 Å². The maximum absolute atomic E-state index is 11.6. The molecule has 1 aliphatic heterocycles. The zero-order chi connectivity index (χ0) is 13.1. The number of rotatable bonds is 4. The van der Waals surface area contributed by atoms with Crippen molar-refractivity contribution in [2.45, 2.75) is 51.9 Å². The third-order valence-corrected chi connectivity index (χ3v) is 6.23. The van der Waals surface area contributed by atoms with Crippen molar-refractivity contribution in [3.8, 4) is 0 Å². The zero-order valence-electron chi connectivity index (χ0n) is 11.3. The van der Waals surface area contributed by atoms with Gasteiger partial charge in [0.1, 0.15) is 0 Å². The summed E-state index contributed by atoms with van der Waals surface area (Å²) in [5.74, 6) is 0.639. The Bertz CT molecular complexity index is 403. The Hall–Kier alpha value is -0.510. The summed E-state index contributed by atoms with van der Waals surface area (Å²) in [4.78, 5) is 0. The van der Waals surface area contributed by atoms with Crippen molar-refractivity contribution < 1.29 is 13.2 Å². The summed E-state index contributed by atoms with van der Waals surface area (Å²) in [6.07, 6.45) is 9.71. The van der Waals surface area contributed by atoms with Crippen LogP contribution >= 0.6 is 0 Å². The van der Waals surface area contributed by atoms with Gasteiger partial charge in [0.15, 0.2) is 9.84 Å². The van der Waals surface area contributed by atoms with Crippen LogP contribution in [0.4, 0.5) is 0 Å². The van der Waals surface area contributed by atoms with Gasteiger partial charge < -0.3 is 4.74 Å². The molecule has 0 spiro atoms. The predicted octanol–water partition coefficient (Wildman–Crippen LogP) is 3.07. The highest BCUT2D eigenvalue weighted by Crippen LogP contribution is 2.36. The summed E-state index contributed by atoms with van der Waals surface area (Å²) >= 11 is 0. The van der Waals surface area contributed by atoms with Gasteiger partial charge in [0.2, 0.25) is 0 Å². The van der Waals surface area contributed by atoms with Gasteiger partial charge in [-0.2, -0.15) is 0 Å². The Balaban J connectivity index is 1.88. The molecule has 0 aromatic carbocycles. The van der Waals surface area contributed by atoms with Crippen molar-refractivity contribution in [2.24, 2.45) is 5.41 Å². The lowest BCUT2D eigenvalue weighted by atomic mass is 9.86. The normalized spacial score (nSPS) is 31.3. The Morgan fingerprint density at radius 1 is 1.28 bits per heavy atom. The number of hydrogen-bond donors (Lipinski definition) is 0. The monoisotopic (exact) mass is 272 g/mol. The first-order valence-corrected chi connectivity index (χ1v) is 8.87. The van der Waals surface area contributed by atoms with Crippen molar-refractivity contribution in [2.75, 3.05) is 18.1 Å². The maximum Gasteiger partial charge on any atom is 0.151 e. The van der Waals surface area contributed by atoms with E-state index in [-0.39, 0.29) is 5.41 Å². The zero-order valence-corrected chi connectivity index (χ0v) is 12.1. The number of hydrogen-bond acceptors (Lipinski definition) is 3. The van der Waals surface area contributed by atoms with Gasteiger partial charge in [-0.15, -0.1) is 0 Å². The lowest BCUT2D eigenvalue weighted by molar-refractivity contribution is 0.121. The first kappa shape index (κ1) is 13.9. The molecule has 0 N–H and O–H groups in total. The maximum atomic E-state index is 11.6. The average Bonchev–Trinajstić information content (AvgIpc) is 2.67. The van der Waals surface area contributed by atoms with Gasteiger partial charge in [-0.3, -0.25) is 0 Å². The van der Waals surface area contributed by atoms with E-state index >= 15 is 0 Å². The SMILES string of the molecule is CCC1(COC=C2CCCCC2)CCS(=O)(=O)C1. The molecule has 1 aliphatic carbocycles. The molecule has 2 aliphatic rings. The van der Waals surface area contributed by atoms with Crippen molar-refractivity contribution in [3.63, 3.8) is 0 Å². The Kier molecular flexibility index (Phi) is 4.36. The molecule has 4 heteroatoms. The third-order valence-electron chi connectivity index (χ3n) is 4.35. The van der Waals surface area contributed by atoms with Gasteiger partial charge in [0, 0.05) is 5.41 Å². The second-order valence-corrected chi connectivity index (χ2v) is 8.03. The number of allylic oxidation sites excluding steroid dienone is 1. The second-order valence-electron chi connectivity index (χ2n) is 5.84. The average molecular weight is 272 g/mol. The van der Waals surface area contributed by atoms with Gasteiger partial charge in [-0.25, -0.2) is 8.42 Å². The lowest BCUT2D eigenvalue weighted by Gasteiger charge is -2.25.